The van der Waals surface area contributed by atoms with Crippen LogP contribution < -0.4 is 5.73 Å². The molecule has 1 aromatic carbocycles. The van der Waals surface area contributed by atoms with Gasteiger partial charge in [-0.25, -0.2) is 8.42 Å². The van der Waals surface area contributed by atoms with Gasteiger partial charge in [-0.3, -0.25) is 0 Å². The lowest BCUT2D eigenvalue weighted by molar-refractivity contribution is 0.451. The second-order valence-electron chi connectivity index (χ2n) is 3.41. The Morgan fingerprint density at radius 1 is 1.43 bits per heavy atom. The second-order valence-corrected chi connectivity index (χ2v) is 5.46. The second kappa shape index (κ2) is 2.96. The number of rotatable bonds is 0. The molecule has 1 aromatic rings. The standard InChI is InChI=1S/C9H11NO3S/c10-7-4-5-14(12,13)9-6(7)2-1-3-8(9)11/h1-3,7,11H,4-5,10H2. The van der Waals surface area contributed by atoms with Gasteiger partial charge in [0.2, 0.25) is 0 Å². The first kappa shape index (κ1) is 9.48. The first-order valence-corrected chi connectivity index (χ1v) is 5.98. The van der Waals surface area contributed by atoms with E-state index in [0.29, 0.717) is 12.0 Å². The van der Waals surface area contributed by atoms with Crippen LogP contribution in [0, 0.1) is 0 Å². The van der Waals surface area contributed by atoms with Crippen molar-refractivity contribution in [2.24, 2.45) is 5.73 Å². The van der Waals surface area contributed by atoms with Gasteiger partial charge >= 0.3 is 0 Å². The summed E-state index contributed by atoms with van der Waals surface area (Å²) in [6, 6.07) is 4.33. The van der Waals surface area contributed by atoms with Crippen LogP contribution in [0.4, 0.5) is 0 Å². The summed E-state index contributed by atoms with van der Waals surface area (Å²) in [6.45, 7) is 0. The van der Waals surface area contributed by atoms with E-state index >= 15 is 0 Å². The number of fused-ring (bicyclic) bond motifs is 1. The van der Waals surface area contributed by atoms with E-state index in [2.05, 4.69) is 0 Å². The first-order valence-electron chi connectivity index (χ1n) is 4.32. The van der Waals surface area contributed by atoms with Gasteiger partial charge in [0.25, 0.3) is 0 Å². The van der Waals surface area contributed by atoms with Crippen molar-refractivity contribution < 1.29 is 13.5 Å². The van der Waals surface area contributed by atoms with E-state index in [1.54, 1.807) is 12.1 Å². The van der Waals surface area contributed by atoms with Crippen molar-refractivity contribution in [3.8, 4) is 5.75 Å². The summed E-state index contributed by atoms with van der Waals surface area (Å²) in [5.74, 6) is -0.184. The smallest absolute Gasteiger partial charge is 0.182 e. The van der Waals surface area contributed by atoms with Gasteiger partial charge < -0.3 is 10.8 Å². The average molecular weight is 213 g/mol. The highest BCUT2D eigenvalue weighted by Gasteiger charge is 2.30. The van der Waals surface area contributed by atoms with Crippen molar-refractivity contribution in [2.45, 2.75) is 17.4 Å². The van der Waals surface area contributed by atoms with Gasteiger partial charge in [0.05, 0.1) is 5.75 Å². The first-order chi connectivity index (χ1) is 6.52. The molecule has 5 heteroatoms. The summed E-state index contributed by atoms with van der Waals surface area (Å²) >= 11 is 0. The van der Waals surface area contributed by atoms with E-state index < -0.39 is 9.84 Å². The zero-order valence-electron chi connectivity index (χ0n) is 7.47. The number of sulfone groups is 1. The summed E-state index contributed by atoms with van der Waals surface area (Å²) in [5, 5.41) is 9.48. The monoisotopic (exact) mass is 213 g/mol. The molecule has 76 valence electrons. The van der Waals surface area contributed by atoms with Crippen molar-refractivity contribution in [2.75, 3.05) is 5.75 Å². The minimum Gasteiger partial charge on any atom is -0.507 e. The van der Waals surface area contributed by atoms with Crippen LogP contribution in [0.25, 0.3) is 0 Å². The zero-order valence-corrected chi connectivity index (χ0v) is 8.29. The number of hydrogen-bond acceptors (Lipinski definition) is 4. The average Bonchev–Trinajstić information content (AvgIpc) is 2.12. The number of phenols is 1. The molecule has 0 bridgehead atoms. The summed E-state index contributed by atoms with van der Waals surface area (Å²) in [7, 11) is -3.34. The summed E-state index contributed by atoms with van der Waals surface area (Å²) < 4.78 is 23.2. The third-order valence-corrected chi connectivity index (χ3v) is 4.27. The lowest BCUT2D eigenvalue weighted by Gasteiger charge is -2.22. The van der Waals surface area contributed by atoms with Crippen LogP contribution in [0.15, 0.2) is 23.1 Å². The van der Waals surface area contributed by atoms with E-state index in [1.807, 2.05) is 0 Å². The van der Waals surface area contributed by atoms with Crippen molar-refractivity contribution >= 4 is 9.84 Å². The number of aromatic hydroxyl groups is 1. The molecule has 0 spiro atoms. The molecule has 0 saturated carbocycles. The van der Waals surface area contributed by atoms with Gasteiger partial charge in [0.15, 0.2) is 9.84 Å². The molecule has 1 atom stereocenters. The predicted molar refractivity (Wildman–Crippen MR) is 51.7 cm³/mol. The highest BCUT2D eigenvalue weighted by atomic mass is 32.2. The number of benzene rings is 1. The van der Waals surface area contributed by atoms with Gasteiger partial charge in [-0.1, -0.05) is 12.1 Å². The molecule has 3 N–H and O–H groups in total. The van der Waals surface area contributed by atoms with E-state index in [9.17, 15) is 13.5 Å². The molecule has 1 aliphatic heterocycles. The Hall–Kier alpha value is -1.07. The fraction of sp³-hybridized carbons (Fsp3) is 0.333. The SMILES string of the molecule is NC1CCS(=O)(=O)c2c(O)cccc21. The van der Waals surface area contributed by atoms with Crippen molar-refractivity contribution in [1.29, 1.82) is 0 Å². The molecule has 0 aromatic heterocycles. The topological polar surface area (TPSA) is 80.4 Å². The Kier molecular flexibility index (Phi) is 2.01. The number of phenolic OH excluding ortho intramolecular Hbond substituents is 1. The molecule has 0 amide bonds. The summed E-state index contributed by atoms with van der Waals surface area (Å²) in [5.41, 5.74) is 6.29. The van der Waals surface area contributed by atoms with Gasteiger partial charge in [0, 0.05) is 6.04 Å². The molecule has 1 aliphatic rings. The number of hydrogen-bond donors (Lipinski definition) is 2. The fourth-order valence-electron chi connectivity index (χ4n) is 1.71. The Morgan fingerprint density at radius 2 is 2.14 bits per heavy atom. The molecule has 0 radical (unpaired) electrons. The Labute approximate surface area is 82.3 Å². The van der Waals surface area contributed by atoms with E-state index in [-0.39, 0.29) is 22.4 Å². The minimum atomic E-state index is -3.34. The molecule has 14 heavy (non-hydrogen) atoms. The van der Waals surface area contributed by atoms with Gasteiger partial charge in [-0.15, -0.1) is 0 Å². The van der Waals surface area contributed by atoms with E-state index in [4.69, 9.17) is 5.73 Å². The van der Waals surface area contributed by atoms with Crippen LogP contribution in [0.3, 0.4) is 0 Å². The van der Waals surface area contributed by atoms with Crippen molar-refractivity contribution in [1.82, 2.24) is 0 Å². The molecule has 0 fully saturated rings. The largest absolute Gasteiger partial charge is 0.507 e. The van der Waals surface area contributed by atoms with Crippen molar-refractivity contribution in [3.63, 3.8) is 0 Å². The third-order valence-electron chi connectivity index (χ3n) is 2.43. The van der Waals surface area contributed by atoms with Crippen LogP contribution in [-0.2, 0) is 9.84 Å². The van der Waals surface area contributed by atoms with Crippen molar-refractivity contribution in [3.05, 3.63) is 23.8 Å². The maximum absolute atomic E-state index is 11.6. The molecule has 2 rings (SSSR count). The minimum absolute atomic E-state index is 0.0126. The number of nitrogens with two attached hydrogens (primary N) is 1. The van der Waals surface area contributed by atoms with Crippen LogP contribution in [0.5, 0.6) is 5.75 Å². The highest BCUT2D eigenvalue weighted by molar-refractivity contribution is 7.91. The molecule has 4 nitrogen and oxygen atoms in total. The van der Waals surface area contributed by atoms with Gasteiger partial charge in [-0.05, 0) is 18.1 Å². The fourth-order valence-corrected chi connectivity index (χ4v) is 3.45. The van der Waals surface area contributed by atoms with Gasteiger partial charge in [-0.2, -0.15) is 0 Å². The van der Waals surface area contributed by atoms with Crippen LogP contribution in [-0.4, -0.2) is 19.3 Å². The van der Waals surface area contributed by atoms with Crippen LogP contribution >= 0.6 is 0 Å². The molecule has 1 unspecified atom stereocenters. The lowest BCUT2D eigenvalue weighted by atomic mass is 10.0. The lowest BCUT2D eigenvalue weighted by Crippen LogP contribution is -2.24. The highest BCUT2D eigenvalue weighted by Crippen LogP contribution is 2.36. The molecule has 0 aliphatic carbocycles. The summed E-state index contributed by atoms with van der Waals surface area (Å²) in [4.78, 5) is 0.0127. The normalized spacial score (nSPS) is 24.2. The Bertz CT molecular complexity index is 467. The van der Waals surface area contributed by atoms with Crippen LogP contribution in [0.2, 0.25) is 0 Å². The predicted octanol–water partition coefficient (Wildman–Crippen LogP) is 0.569. The third kappa shape index (κ3) is 1.29. The van der Waals surface area contributed by atoms with Gasteiger partial charge in [0.1, 0.15) is 10.6 Å². The summed E-state index contributed by atoms with van der Waals surface area (Å²) in [6.07, 6.45) is 0.415. The van der Waals surface area contributed by atoms with E-state index in [1.165, 1.54) is 6.07 Å². The molecule has 0 saturated heterocycles. The molecular weight excluding hydrogens is 202 g/mol. The van der Waals surface area contributed by atoms with E-state index in [0.717, 1.165) is 0 Å². The van der Waals surface area contributed by atoms with Crippen LogP contribution in [0.1, 0.15) is 18.0 Å². The zero-order chi connectivity index (χ0) is 10.3. The Balaban J connectivity index is 2.77. The quantitative estimate of drug-likeness (QED) is 0.660. The maximum atomic E-state index is 11.6. The molecule has 1 heterocycles. The molecular formula is C9H11NO3S. The Morgan fingerprint density at radius 3 is 2.79 bits per heavy atom. The maximum Gasteiger partial charge on any atom is 0.182 e.